The van der Waals surface area contributed by atoms with E-state index in [4.69, 9.17) is 16.3 Å². The maximum Gasteiger partial charge on any atom is 0.265 e. The summed E-state index contributed by atoms with van der Waals surface area (Å²) >= 11 is 5.90. The van der Waals surface area contributed by atoms with E-state index < -0.39 is 0 Å². The normalized spacial score (nSPS) is 13.8. The molecule has 142 valence electrons. The van der Waals surface area contributed by atoms with E-state index >= 15 is 0 Å². The number of fused-ring (bicyclic) bond motifs is 1. The van der Waals surface area contributed by atoms with Gasteiger partial charge in [0.2, 0.25) is 0 Å². The lowest BCUT2D eigenvalue weighted by molar-refractivity contribution is -0.121. The summed E-state index contributed by atoms with van der Waals surface area (Å²) in [6, 6.07) is 15.3. The molecule has 0 aliphatic carbocycles. The van der Waals surface area contributed by atoms with E-state index in [9.17, 15) is 4.79 Å². The van der Waals surface area contributed by atoms with Crippen LogP contribution in [-0.4, -0.2) is 38.6 Å². The molecule has 0 bridgehead atoms. The van der Waals surface area contributed by atoms with E-state index in [-0.39, 0.29) is 12.5 Å². The second-order valence-corrected chi connectivity index (χ2v) is 6.57. The molecule has 0 spiro atoms. The Balaban J connectivity index is 1.45. The highest BCUT2D eigenvalue weighted by molar-refractivity contribution is 6.30. The molecule has 6 nitrogen and oxygen atoms in total. The van der Waals surface area contributed by atoms with Crippen LogP contribution in [0.15, 0.2) is 53.5 Å². The fraction of sp³-hybridized carbons (Fsp3) is 0.300. The molecule has 3 rings (SSSR count). The van der Waals surface area contributed by atoms with Crippen molar-refractivity contribution >= 4 is 29.2 Å². The van der Waals surface area contributed by atoms with E-state index in [2.05, 4.69) is 15.6 Å². The molecule has 0 atom stereocenters. The van der Waals surface area contributed by atoms with Gasteiger partial charge in [-0.05, 0) is 36.2 Å². The Labute approximate surface area is 164 Å². The molecule has 0 saturated heterocycles. The Kier molecular flexibility index (Phi) is 6.54. The number of aliphatic imine (C=N–C) groups is 1. The van der Waals surface area contributed by atoms with Gasteiger partial charge in [-0.2, -0.15) is 0 Å². The molecule has 27 heavy (non-hydrogen) atoms. The summed E-state index contributed by atoms with van der Waals surface area (Å²) in [5.74, 6) is 1.46. The molecule has 0 fully saturated rings. The first-order valence-corrected chi connectivity index (χ1v) is 9.26. The number of rotatable bonds is 6. The van der Waals surface area contributed by atoms with E-state index in [0.29, 0.717) is 19.6 Å². The molecule has 0 aromatic heterocycles. The van der Waals surface area contributed by atoms with Crippen molar-refractivity contribution < 1.29 is 9.53 Å². The minimum absolute atomic E-state index is 0.0149. The number of nitrogens with zero attached hydrogens (tertiary/aromatic N) is 2. The van der Waals surface area contributed by atoms with Gasteiger partial charge in [-0.1, -0.05) is 35.9 Å². The van der Waals surface area contributed by atoms with Gasteiger partial charge in [0.1, 0.15) is 5.75 Å². The summed E-state index contributed by atoms with van der Waals surface area (Å²) in [5, 5.41) is 7.26. The summed E-state index contributed by atoms with van der Waals surface area (Å²) in [7, 11) is 1.74. The van der Waals surface area contributed by atoms with Crippen LogP contribution in [0, 0.1) is 0 Å². The van der Waals surface area contributed by atoms with Gasteiger partial charge in [-0.25, -0.2) is 0 Å². The molecule has 2 aromatic rings. The van der Waals surface area contributed by atoms with Crippen molar-refractivity contribution in [3.05, 3.63) is 59.1 Å². The number of benzene rings is 2. The Hall–Kier alpha value is -2.73. The van der Waals surface area contributed by atoms with Crippen LogP contribution in [0.3, 0.4) is 0 Å². The number of para-hydroxylation sites is 2. The van der Waals surface area contributed by atoms with Crippen molar-refractivity contribution in [2.75, 3.05) is 31.6 Å². The molecular formula is C20H23ClN4O2. The first-order chi connectivity index (χ1) is 13.2. The first-order valence-electron chi connectivity index (χ1n) is 8.88. The van der Waals surface area contributed by atoms with E-state index in [1.54, 1.807) is 11.9 Å². The summed E-state index contributed by atoms with van der Waals surface area (Å²) in [6.45, 7) is 2.08. The van der Waals surface area contributed by atoms with Crippen molar-refractivity contribution in [2.24, 2.45) is 4.99 Å². The summed E-state index contributed by atoms with van der Waals surface area (Å²) < 4.78 is 5.47. The van der Waals surface area contributed by atoms with Crippen molar-refractivity contribution in [2.45, 2.75) is 13.0 Å². The number of anilines is 1. The Morgan fingerprint density at radius 3 is 2.74 bits per heavy atom. The van der Waals surface area contributed by atoms with Crippen molar-refractivity contribution in [3.8, 4) is 5.75 Å². The monoisotopic (exact) mass is 386 g/mol. The van der Waals surface area contributed by atoms with Crippen molar-refractivity contribution in [1.82, 2.24) is 10.6 Å². The zero-order valence-electron chi connectivity index (χ0n) is 15.2. The van der Waals surface area contributed by atoms with Gasteiger partial charge in [-0.3, -0.25) is 9.79 Å². The third-order valence-corrected chi connectivity index (χ3v) is 4.51. The maximum absolute atomic E-state index is 12.2. The second-order valence-electron chi connectivity index (χ2n) is 6.13. The van der Waals surface area contributed by atoms with E-state index in [0.717, 1.165) is 34.4 Å². The number of nitrogens with one attached hydrogen (secondary N) is 2. The van der Waals surface area contributed by atoms with Crippen LogP contribution in [0.25, 0.3) is 0 Å². The predicted octanol–water partition coefficient (Wildman–Crippen LogP) is 2.82. The smallest absolute Gasteiger partial charge is 0.265 e. The lowest BCUT2D eigenvalue weighted by atomic mass is 10.2. The van der Waals surface area contributed by atoms with E-state index in [1.165, 1.54) is 0 Å². The van der Waals surface area contributed by atoms with Gasteiger partial charge in [0.25, 0.3) is 5.91 Å². The standard InChI is InChI=1S/C20H23ClN4O2/c1-22-20(24-13-15-7-9-16(21)10-8-15)23-11-4-12-25-17-5-2-3-6-18(17)27-14-19(25)26/h2-3,5-10H,4,11-14H2,1H3,(H2,22,23,24). The minimum Gasteiger partial charge on any atom is -0.482 e. The fourth-order valence-corrected chi connectivity index (χ4v) is 2.98. The van der Waals surface area contributed by atoms with Crippen LogP contribution in [-0.2, 0) is 11.3 Å². The largest absolute Gasteiger partial charge is 0.482 e. The quantitative estimate of drug-likeness (QED) is 0.455. The lowest BCUT2D eigenvalue weighted by Crippen LogP contribution is -2.41. The Morgan fingerprint density at radius 2 is 1.96 bits per heavy atom. The van der Waals surface area contributed by atoms with Gasteiger partial charge in [-0.15, -0.1) is 0 Å². The van der Waals surface area contributed by atoms with Gasteiger partial charge in [0.15, 0.2) is 12.6 Å². The van der Waals surface area contributed by atoms with Crippen LogP contribution >= 0.6 is 11.6 Å². The highest BCUT2D eigenvalue weighted by Crippen LogP contribution is 2.31. The van der Waals surface area contributed by atoms with Gasteiger partial charge >= 0.3 is 0 Å². The zero-order valence-corrected chi connectivity index (χ0v) is 16.0. The number of hydrogen-bond donors (Lipinski definition) is 2. The molecule has 1 amide bonds. The topological polar surface area (TPSA) is 66.0 Å². The average Bonchev–Trinajstić information content (AvgIpc) is 2.70. The number of halogens is 1. The van der Waals surface area contributed by atoms with Gasteiger partial charge < -0.3 is 20.3 Å². The summed E-state index contributed by atoms with van der Waals surface area (Å²) in [5.41, 5.74) is 1.96. The highest BCUT2D eigenvalue weighted by atomic mass is 35.5. The average molecular weight is 387 g/mol. The second kappa shape index (κ2) is 9.28. The molecule has 1 aliphatic rings. The van der Waals surface area contributed by atoms with Crippen molar-refractivity contribution in [3.63, 3.8) is 0 Å². The zero-order chi connectivity index (χ0) is 19.1. The lowest BCUT2D eigenvalue weighted by Gasteiger charge is -2.29. The molecule has 0 unspecified atom stereocenters. The van der Waals surface area contributed by atoms with Crippen LogP contribution < -0.4 is 20.3 Å². The van der Waals surface area contributed by atoms with Crippen LogP contribution in [0.5, 0.6) is 5.75 Å². The summed E-state index contributed by atoms with van der Waals surface area (Å²) in [4.78, 5) is 18.2. The van der Waals surface area contributed by atoms with Gasteiger partial charge in [0.05, 0.1) is 5.69 Å². The molecule has 1 aliphatic heterocycles. The molecule has 2 N–H and O–H groups in total. The third-order valence-electron chi connectivity index (χ3n) is 4.26. The number of amides is 1. The van der Waals surface area contributed by atoms with Crippen LogP contribution in [0.1, 0.15) is 12.0 Å². The van der Waals surface area contributed by atoms with Gasteiger partial charge in [0, 0.05) is 31.7 Å². The third kappa shape index (κ3) is 5.14. The summed E-state index contributed by atoms with van der Waals surface area (Å²) in [6.07, 6.45) is 0.793. The first kappa shape index (κ1) is 19.0. The molecule has 0 radical (unpaired) electrons. The van der Waals surface area contributed by atoms with E-state index in [1.807, 2.05) is 48.5 Å². The number of guanidine groups is 1. The number of carbonyl (C=O) groups is 1. The molecule has 0 saturated carbocycles. The highest BCUT2D eigenvalue weighted by Gasteiger charge is 2.24. The molecular weight excluding hydrogens is 364 g/mol. The number of hydrogen-bond acceptors (Lipinski definition) is 3. The molecule has 2 aromatic carbocycles. The van der Waals surface area contributed by atoms with Crippen LogP contribution in [0.4, 0.5) is 5.69 Å². The number of ether oxygens (including phenoxy) is 1. The predicted molar refractivity (Wildman–Crippen MR) is 109 cm³/mol. The Bertz CT molecular complexity index is 808. The molecule has 7 heteroatoms. The maximum atomic E-state index is 12.2. The number of carbonyl (C=O) groups excluding carboxylic acids is 1. The van der Waals surface area contributed by atoms with Crippen LogP contribution in [0.2, 0.25) is 5.02 Å². The Morgan fingerprint density at radius 1 is 1.19 bits per heavy atom. The minimum atomic E-state index is -0.0149. The van der Waals surface area contributed by atoms with Crippen molar-refractivity contribution in [1.29, 1.82) is 0 Å². The molecule has 1 heterocycles. The fourth-order valence-electron chi connectivity index (χ4n) is 2.85. The SMILES string of the molecule is CN=C(NCCCN1C(=O)COc2ccccc21)NCc1ccc(Cl)cc1.